The molecule has 0 spiro atoms. The van der Waals surface area contributed by atoms with Crippen LogP contribution in [0.3, 0.4) is 0 Å². The number of halogens is 3. The molecule has 6 heteroatoms. The Hall–Kier alpha value is -0.710. The number of rotatable bonds is 2. The largest absolute Gasteiger partial charge is 0.252 e. The van der Waals surface area contributed by atoms with Crippen molar-refractivity contribution in [1.82, 2.24) is 15.0 Å². The fourth-order valence-electron chi connectivity index (χ4n) is 2.62. The lowest BCUT2D eigenvalue weighted by molar-refractivity contribution is 0.715. The number of pyridine rings is 1. The summed E-state index contributed by atoms with van der Waals surface area (Å²) in [5.74, 6) is 0.838. The summed E-state index contributed by atoms with van der Waals surface area (Å²) >= 11 is 16.1. The Bertz CT molecular complexity index is 619. The molecule has 1 aliphatic rings. The lowest BCUT2D eigenvalue weighted by Gasteiger charge is -2.13. The van der Waals surface area contributed by atoms with Crippen molar-refractivity contribution >= 4 is 39.1 Å². The zero-order chi connectivity index (χ0) is 14.1. The minimum atomic E-state index is 0.385. The van der Waals surface area contributed by atoms with Gasteiger partial charge >= 0.3 is 0 Å². The van der Waals surface area contributed by atoms with Crippen molar-refractivity contribution < 1.29 is 0 Å². The van der Waals surface area contributed by atoms with Crippen LogP contribution in [-0.2, 0) is 0 Å². The molecular weight excluding hydrogens is 361 g/mol. The molecule has 0 atom stereocenters. The second-order valence-electron chi connectivity index (χ2n) is 4.86. The number of hydrogen-bond acceptors (Lipinski definition) is 3. The molecule has 1 fully saturated rings. The van der Waals surface area contributed by atoms with Gasteiger partial charge in [-0.15, -0.1) is 0 Å². The van der Waals surface area contributed by atoms with Crippen LogP contribution in [0.1, 0.15) is 37.2 Å². The van der Waals surface area contributed by atoms with Gasteiger partial charge in [-0.2, -0.15) is 0 Å². The lowest BCUT2D eigenvalue weighted by Crippen LogP contribution is -2.02. The van der Waals surface area contributed by atoms with E-state index in [2.05, 4.69) is 30.9 Å². The summed E-state index contributed by atoms with van der Waals surface area (Å²) in [6.07, 6.45) is 6.33. The molecule has 0 N–H and O–H groups in total. The Kier molecular flexibility index (Phi) is 4.24. The average Bonchev–Trinajstić information content (AvgIpc) is 2.92. The van der Waals surface area contributed by atoms with Gasteiger partial charge in [-0.25, -0.2) is 9.97 Å². The molecule has 2 aromatic rings. The second kappa shape index (κ2) is 5.96. The van der Waals surface area contributed by atoms with E-state index in [-0.39, 0.29) is 0 Å². The highest BCUT2D eigenvalue weighted by atomic mass is 79.9. The highest BCUT2D eigenvalue weighted by molar-refractivity contribution is 9.10. The van der Waals surface area contributed by atoms with Crippen molar-refractivity contribution in [3.05, 3.63) is 38.7 Å². The quantitative estimate of drug-likeness (QED) is 0.674. The monoisotopic (exact) mass is 371 g/mol. The van der Waals surface area contributed by atoms with E-state index in [0.29, 0.717) is 27.7 Å². The first kappa shape index (κ1) is 14.2. The number of nitrogens with zero attached hydrogens (tertiary/aromatic N) is 3. The second-order valence-corrected chi connectivity index (χ2v) is 6.43. The maximum absolute atomic E-state index is 6.34. The van der Waals surface area contributed by atoms with E-state index in [1.165, 1.54) is 12.8 Å². The van der Waals surface area contributed by atoms with Crippen molar-refractivity contribution in [3.8, 4) is 11.5 Å². The van der Waals surface area contributed by atoms with Crippen LogP contribution in [0.15, 0.2) is 22.8 Å². The predicted molar refractivity (Wildman–Crippen MR) is 84.2 cm³/mol. The summed E-state index contributed by atoms with van der Waals surface area (Å²) in [4.78, 5) is 13.0. The standard InChI is InChI=1S/C14H12BrCl2N3/c15-9-6-3-7-18-11(9)14-19-12(16)10(13(17)20-14)8-4-1-2-5-8/h3,6-8H,1-2,4-5H2. The zero-order valence-electron chi connectivity index (χ0n) is 10.6. The molecule has 0 unspecified atom stereocenters. The van der Waals surface area contributed by atoms with E-state index in [1.807, 2.05) is 12.1 Å². The van der Waals surface area contributed by atoms with E-state index in [9.17, 15) is 0 Å². The first-order valence-electron chi connectivity index (χ1n) is 6.50. The van der Waals surface area contributed by atoms with Crippen molar-refractivity contribution in [2.45, 2.75) is 31.6 Å². The Labute approximate surface area is 135 Å². The normalized spacial score (nSPS) is 15.8. The van der Waals surface area contributed by atoms with E-state index in [0.717, 1.165) is 22.9 Å². The number of aromatic nitrogens is 3. The van der Waals surface area contributed by atoms with Gasteiger partial charge in [-0.1, -0.05) is 36.0 Å². The van der Waals surface area contributed by atoms with Crippen LogP contribution in [-0.4, -0.2) is 15.0 Å². The van der Waals surface area contributed by atoms with Crippen LogP contribution >= 0.6 is 39.1 Å². The highest BCUT2D eigenvalue weighted by Crippen LogP contribution is 2.40. The van der Waals surface area contributed by atoms with Gasteiger partial charge in [0.05, 0.1) is 0 Å². The summed E-state index contributed by atoms with van der Waals surface area (Å²) in [5, 5.41) is 0.897. The van der Waals surface area contributed by atoms with Gasteiger partial charge in [-0.3, -0.25) is 4.98 Å². The van der Waals surface area contributed by atoms with Gasteiger partial charge in [0.25, 0.3) is 0 Å². The fourth-order valence-corrected chi connectivity index (χ4v) is 3.75. The van der Waals surface area contributed by atoms with Gasteiger partial charge in [0.1, 0.15) is 16.0 Å². The third kappa shape index (κ3) is 2.69. The van der Waals surface area contributed by atoms with Gasteiger partial charge in [0, 0.05) is 16.2 Å². The van der Waals surface area contributed by atoms with Crippen LogP contribution in [0.25, 0.3) is 11.5 Å². The Balaban J connectivity index is 2.06. The molecular formula is C14H12BrCl2N3. The summed E-state index contributed by atoms with van der Waals surface area (Å²) < 4.78 is 0.820. The summed E-state index contributed by atoms with van der Waals surface area (Å²) in [6.45, 7) is 0. The Morgan fingerprint density at radius 2 is 1.75 bits per heavy atom. The van der Waals surface area contributed by atoms with E-state index < -0.39 is 0 Å². The summed E-state index contributed by atoms with van der Waals surface area (Å²) in [7, 11) is 0. The third-order valence-corrected chi connectivity index (χ3v) is 4.80. The van der Waals surface area contributed by atoms with Gasteiger partial charge in [0.15, 0.2) is 5.82 Å². The molecule has 0 radical (unpaired) electrons. The maximum atomic E-state index is 6.34. The number of hydrogen-bond donors (Lipinski definition) is 0. The molecule has 1 saturated carbocycles. The fraction of sp³-hybridized carbons (Fsp3) is 0.357. The lowest BCUT2D eigenvalue weighted by atomic mass is 10.0. The minimum Gasteiger partial charge on any atom is -0.252 e. The molecule has 20 heavy (non-hydrogen) atoms. The topological polar surface area (TPSA) is 38.7 Å². The van der Waals surface area contributed by atoms with E-state index in [4.69, 9.17) is 23.2 Å². The van der Waals surface area contributed by atoms with Crippen molar-refractivity contribution in [2.75, 3.05) is 0 Å². The van der Waals surface area contributed by atoms with Crippen molar-refractivity contribution in [3.63, 3.8) is 0 Å². The average molecular weight is 373 g/mol. The van der Waals surface area contributed by atoms with Crippen molar-refractivity contribution in [2.24, 2.45) is 0 Å². The van der Waals surface area contributed by atoms with Crippen LogP contribution in [0, 0.1) is 0 Å². The van der Waals surface area contributed by atoms with Gasteiger partial charge < -0.3 is 0 Å². The first-order chi connectivity index (χ1) is 9.66. The zero-order valence-corrected chi connectivity index (χ0v) is 13.7. The highest BCUT2D eigenvalue weighted by Gasteiger charge is 2.25. The smallest absolute Gasteiger partial charge is 0.182 e. The van der Waals surface area contributed by atoms with Crippen LogP contribution in [0.2, 0.25) is 10.3 Å². The molecule has 3 rings (SSSR count). The van der Waals surface area contributed by atoms with Crippen LogP contribution < -0.4 is 0 Å². The molecule has 0 amide bonds. The third-order valence-electron chi connectivity index (χ3n) is 3.59. The molecule has 2 heterocycles. The Morgan fingerprint density at radius 1 is 1.10 bits per heavy atom. The first-order valence-corrected chi connectivity index (χ1v) is 8.05. The van der Waals surface area contributed by atoms with E-state index >= 15 is 0 Å². The summed E-state index contributed by atoms with van der Waals surface area (Å²) in [6, 6.07) is 3.72. The van der Waals surface area contributed by atoms with Crippen molar-refractivity contribution in [1.29, 1.82) is 0 Å². The Morgan fingerprint density at radius 3 is 2.35 bits per heavy atom. The van der Waals surface area contributed by atoms with Gasteiger partial charge in [-0.05, 0) is 46.8 Å². The molecule has 3 nitrogen and oxygen atoms in total. The van der Waals surface area contributed by atoms with E-state index in [1.54, 1.807) is 6.20 Å². The van der Waals surface area contributed by atoms with Crippen LogP contribution in [0.5, 0.6) is 0 Å². The molecule has 1 aliphatic carbocycles. The predicted octanol–water partition coefficient (Wildman–Crippen LogP) is 5.27. The van der Waals surface area contributed by atoms with Crippen LogP contribution in [0.4, 0.5) is 0 Å². The minimum absolute atomic E-state index is 0.385. The molecule has 0 aromatic carbocycles. The molecule has 0 bridgehead atoms. The SMILES string of the molecule is Clc1nc(-c2ncccc2Br)nc(Cl)c1C1CCCC1. The summed E-state index contributed by atoms with van der Waals surface area (Å²) in [5.41, 5.74) is 1.54. The maximum Gasteiger partial charge on any atom is 0.182 e. The molecule has 0 aliphatic heterocycles. The van der Waals surface area contributed by atoms with Gasteiger partial charge in [0.2, 0.25) is 0 Å². The molecule has 2 aromatic heterocycles. The molecule has 104 valence electrons. The molecule has 0 saturated heterocycles.